The third-order valence-corrected chi connectivity index (χ3v) is 6.04. The van der Waals surface area contributed by atoms with Gasteiger partial charge < -0.3 is 4.90 Å². The van der Waals surface area contributed by atoms with E-state index in [2.05, 4.69) is 18.7 Å². The molecule has 1 aliphatic carbocycles. The lowest BCUT2D eigenvalue weighted by atomic mass is 9.91. The Hall–Kier alpha value is -0.860. The van der Waals surface area contributed by atoms with Crippen molar-refractivity contribution >= 4 is 11.7 Å². The first-order chi connectivity index (χ1) is 11.6. The molecule has 0 radical (unpaired) electrons. The van der Waals surface area contributed by atoms with E-state index in [1.807, 2.05) is 0 Å². The minimum atomic E-state index is -0.0663. The van der Waals surface area contributed by atoms with Crippen LogP contribution in [0.25, 0.3) is 0 Å². The van der Waals surface area contributed by atoms with Gasteiger partial charge in [0.25, 0.3) is 0 Å². The monoisotopic (exact) mass is 335 g/mol. The molecule has 0 aromatic heterocycles. The Balaban J connectivity index is 1.96. The smallest absolute Gasteiger partial charge is 0.226 e. The maximum Gasteiger partial charge on any atom is 0.226 e. The molecule has 0 aromatic rings. The summed E-state index contributed by atoms with van der Waals surface area (Å²) in [5, 5.41) is 0. The van der Waals surface area contributed by atoms with Gasteiger partial charge in [0.15, 0.2) is 0 Å². The maximum absolute atomic E-state index is 13.1. The zero-order valence-electron chi connectivity index (χ0n) is 15.9. The molecule has 1 saturated carbocycles. The van der Waals surface area contributed by atoms with Crippen LogP contribution in [-0.4, -0.2) is 28.7 Å². The molecule has 3 nitrogen and oxygen atoms in total. The molecule has 1 aliphatic heterocycles. The van der Waals surface area contributed by atoms with E-state index in [0.29, 0.717) is 30.7 Å². The third kappa shape index (κ3) is 5.89. The van der Waals surface area contributed by atoms with Crippen LogP contribution in [0.2, 0.25) is 0 Å². The van der Waals surface area contributed by atoms with E-state index in [1.165, 1.54) is 44.9 Å². The van der Waals surface area contributed by atoms with Crippen molar-refractivity contribution in [2.75, 3.05) is 0 Å². The van der Waals surface area contributed by atoms with Gasteiger partial charge in [-0.15, -0.1) is 0 Å². The fourth-order valence-electron chi connectivity index (χ4n) is 4.48. The predicted octanol–water partition coefficient (Wildman–Crippen LogP) is 5.27. The number of rotatable bonds is 1. The summed E-state index contributed by atoms with van der Waals surface area (Å²) in [4.78, 5) is 27.5. The van der Waals surface area contributed by atoms with Crippen molar-refractivity contribution in [3.8, 4) is 0 Å². The average Bonchev–Trinajstić information content (AvgIpc) is 2.89. The van der Waals surface area contributed by atoms with Crippen LogP contribution in [0.5, 0.6) is 0 Å². The Labute approximate surface area is 148 Å². The van der Waals surface area contributed by atoms with Crippen LogP contribution in [0.1, 0.15) is 104 Å². The van der Waals surface area contributed by atoms with E-state index >= 15 is 0 Å². The SMILES string of the molecule is C[C@@H]1CC[C@@H](C)N1C(=O)[C@H]1CCCCCCCCCCCC(=O)C1. The predicted molar refractivity (Wildman–Crippen MR) is 98.9 cm³/mol. The summed E-state index contributed by atoms with van der Waals surface area (Å²) in [6.07, 6.45) is 15.3. The van der Waals surface area contributed by atoms with E-state index in [1.54, 1.807) is 0 Å². The zero-order valence-corrected chi connectivity index (χ0v) is 15.9. The van der Waals surface area contributed by atoms with Crippen molar-refractivity contribution in [2.24, 2.45) is 5.92 Å². The first-order valence-electron chi connectivity index (χ1n) is 10.4. The Kier molecular flexibility index (Phi) is 8.28. The second kappa shape index (κ2) is 10.2. The van der Waals surface area contributed by atoms with Crippen molar-refractivity contribution < 1.29 is 9.59 Å². The summed E-state index contributed by atoms with van der Waals surface area (Å²) in [5.41, 5.74) is 0. The molecule has 3 atom stereocenters. The quantitative estimate of drug-likeness (QED) is 0.655. The fourth-order valence-corrected chi connectivity index (χ4v) is 4.48. The summed E-state index contributed by atoms with van der Waals surface area (Å²) in [5.74, 6) is 0.501. The number of likely N-dealkylation sites (tertiary alicyclic amines) is 1. The lowest BCUT2D eigenvalue weighted by molar-refractivity contribution is -0.140. The maximum atomic E-state index is 13.1. The number of hydrogen-bond acceptors (Lipinski definition) is 2. The lowest BCUT2D eigenvalue weighted by Gasteiger charge is -2.30. The van der Waals surface area contributed by atoms with Crippen LogP contribution in [0.15, 0.2) is 0 Å². The molecule has 2 fully saturated rings. The van der Waals surface area contributed by atoms with Gasteiger partial charge in [0.05, 0.1) is 0 Å². The Morgan fingerprint density at radius 2 is 1.29 bits per heavy atom. The highest BCUT2D eigenvalue weighted by atomic mass is 16.2. The number of amides is 1. The van der Waals surface area contributed by atoms with Crippen LogP contribution in [0, 0.1) is 5.92 Å². The molecule has 0 bridgehead atoms. The molecule has 24 heavy (non-hydrogen) atoms. The highest BCUT2D eigenvalue weighted by molar-refractivity contribution is 5.87. The van der Waals surface area contributed by atoms with Gasteiger partial charge in [-0.3, -0.25) is 9.59 Å². The van der Waals surface area contributed by atoms with Crippen molar-refractivity contribution in [1.29, 1.82) is 0 Å². The Morgan fingerprint density at radius 3 is 1.88 bits per heavy atom. The highest BCUT2D eigenvalue weighted by Crippen LogP contribution is 2.29. The molecule has 1 amide bonds. The summed E-state index contributed by atoms with van der Waals surface area (Å²) >= 11 is 0. The number of hydrogen-bond donors (Lipinski definition) is 0. The molecule has 2 aliphatic rings. The molecule has 0 N–H and O–H groups in total. The number of nitrogens with zero attached hydrogens (tertiary/aromatic N) is 1. The first-order valence-corrected chi connectivity index (χ1v) is 10.4. The van der Waals surface area contributed by atoms with Crippen LogP contribution < -0.4 is 0 Å². The Morgan fingerprint density at radius 1 is 0.792 bits per heavy atom. The normalized spacial score (nSPS) is 31.7. The second-order valence-electron chi connectivity index (χ2n) is 8.18. The number of carbonyl (C=O) groups excluding carboxylic acids is 2. The van der Waals surface area contributed by atoms with E-state index < -0.39 is 0 Å². The van der Waals surface area contributed by atoms with Gasteiger partial charge in [-0.05, 0) is 39.5 Å². The second-order valence-corrected chi connectivity index (χ2v) is 8.18. The van der Waals surface area contributed by atoms with E-state index in [0.717, 1.165) is 32.1 Å². The average molecular weight is 336 g/mol. The highest BCUT2D eigenvalue weighted by Gasteiger charge is 2.35. The molecule has 0 aromatic carbocycles. The first kappa shape index (κ1) is 19.5. The topological polar surface area (TPSA) is 37.4 Å². The molecule has 0 unspecified atom stereocenters. The molecular formula is C21H37NO2. The van der Waals surface area contributed by atoms with Gasteiger partial charge in [-0.25, -0.2) is 0 Å². The molecule has 138 valence electrons. The van der Waals surface area contributed by atoms with Gasteiger partial charge >= 0.3 is 0 Å². The molecule has 1 heterocycles. The van der Waals surface area contributed by atoms with Crippen LogP contribution in [0.4, 0.5) is 0 Å². The third-order valence-electron chi connectivity index (χ3n) is 6.04. The minimum Gasteiger partial charge on any atom is -0.337 e. The van der Waals surface area contributed by atoms with Crippen LogP contribution in [0.3, 0.4) is 0 Å². The number of carbonyl (C=O) groups is 2. The molecule has 2 rings (SSSR count). The lowest BCUT2D eigenvalue weighted by Crippen LogP contribution is -2.42. The minimum absolute atomic E-state index is 0.0663. The number of ketones is 1. The summed E-state index contributed by atoms with van der Waals surface area (Å²) in [6.45, 7) is 4.32. The van der Waals surface area contributed by atoms with Crippen molar-refractivity contribution in [3.63, 3.8) is 0 Å². The van der Waals surface area contributed by atoms with Crippen molar-refractivity contribution in [2.45, 2.75) is 116 Å². The number of Topliss-reactive ketones (excluding diaryl/α,β-unsaturated/α-hetero) is 1. The van der Waals surface area contributed by atoms with E-state index in [9.17, 15) is 9.59 Å². The van der Waals surface area contributed by atoms with Gasteiger partial charge in [0.2, 0.25) is 5.91 Å². The van der Waals surface area contributed by atoms with Crippen molar-refractivity contribution in [3.05, 3.63) is 0 Å². The van der Waals surface area contributed by atoms with E-state index in [-0.39, 0.29) is 11.8 Å². The molecule has 1 saturated heterocycles. The van der Waals surface area contributed by atoms with Gasteiger partial charge in [0.1, 0.15) is 5.78 Å². The van der Waals surface area contributed by atoms with Gasteiger partial charge in [0, 0.05) is 30.8 Å². The van der Waals surface area contributed by atoms with Crippen LogP contribution >= 0.6 is 0 Å². The molecular weight excluding hydrogens is 298 g/mol. The van der Waals surface area contributed by atoms with Gasteiger partial charge in [-0.2, -0.15) is 0 Å². The zero-order chi connectivity index (χ0) is 17.4. The standard InChI is InChI=1S/C21H37NO2/c1-17-14-15-18(2)22(17)21(24)19-12-10-8-6-4-3-5-7-9-11-13-20(23)16-19/h17-19H,3-16H2,1-2H3/t17-,18-,19+/m1/s1. The Bertz CT molecular complexity index is 397. The van der Waals surface area contributed by atoms with Crippen LogP contribution in [-0.2, 0) is 9.59 Å². The fraction of sp³-hybridized carbons (Fsp3) is 0.905. The summed E-state index contributed by atoms with van der Waals surface area (Å²) in [7, 11) is 0. The molecule has 3 heteroatoms. The summed E-state index contributed by atoms with van der Waals surface area (Å²) < 4.78 is 0. The van der Waals surface area contributed by atoms with E-state index in [4.69, 9.17) is 0 Å². The summed E-state index contributed by atoms with van der Waals surface area (Å²) in [6, 6.07) is 0.686. The molecule has 0 spiro atoms. The van der Waals surface area contributed by atoms with Crippen molar-refractivity contribution in [1.82, 2.24) is 4.90 Å². The largest absolute Gasteiger partial charge is 0.337 e. The van der Waals surface area contributed by atoms with Gasteiger partial charge in [-0.1, -0.05) is 51.4 Å².